The maximum atomic E-state index is 4.14. The predicted molar refractivity (Wildman–Crippen MR) is 88.2 cm³/mol. The number of aromatic nitrogens is 1. The van der Waals surface area contributed by atoms with E-state index in [1.54, 1.807) is 0 Å². The first kappa shape index (κ1) is 13.8. The number of nitrogens with zero attached hydrogens (tertiary/aromatic N) is 1. The van der Waals surface area contributed by atoms with Crippen LogP contribution in [0.5, 0.6) is 0 Å². The highest BCUT2D eigenvalue weighted by atomic mass is 14.9. The van der Waals surface area contributed by atoms with E-state index < -0.39 is 0 Å². The number of fused-ring (bicyclic) bond motifs is 1. The summed E-state index contributed by atoms with van der Waals surface area (Å²) >= 11 is 0. The lowest BCUT2D eigenvalue weighted by atomic mass is 10.0. The van der Waals surface area contributed by atoms with E-state index in [-0.39, 0.29) is 0 Å². The first-order valence-electron chi connectivity index (χ1n) is 7.35. The fraction of sp³-hybridized carbons (Fsp3) is 0.211. The van der Waals surface area contributed by atoms with Gasteiger partial charge in [0.1, 0.15) is 0 Å². The van der Waals surface area contributed by atoms with Gasteiger partial charge >= 0.3 is 0 Å². The monoisotopic (exact) mass is 276 g/mol. The van der Waals surface area contributed by atoms with Gasteiger partial charge in [0.25, 0.3) is 0 Å². The molecular weight excluding hydrogens is 256 g/mol. The van der Waals surface area contributed by atoms with Gasteiger partial charge in [-0.15, -0.1) is 0 Å². The summed E-state index contributed by atoms with van der Waals surface area (Å²) in [5.41, 5.74) is 3.86. The van der Waals surface area contributed by atoms with Gasteiger partial charge in [0.2, 0.25) is 0 Å². The quantitative estimate of drug-likeness (QED) is 0.764. The molecule has 2 aromatic carbocycles. The maximum absolute atomic E-state index is 4.14. The fourth-order valence-electron chi connectivity index (χ4n) is 2.56. The Kier molecular flexibility index (Phi) is 3.98. The first-order chi connectivity index (χ1) is 10.2. The van der Waals surface area contributed by atoms with Gasteiger partial charge in [-0.05, 0) is 53.4 Å². The molecular formula is C19H20N2. The molecule has 1 N–H and O–H groups in total. The van der Waals surface area contributed by atoms with Crippen LogP contribution in [0.2, 0.25) is 0 Å². The number of benzene rings is 2. The van der Waals surface area contributed by atoms with Crippen LogP contribution < -0.4 is 5.32 Å². The highest BCUT2D eigenvalue weighted by molar-refractivity contribution is 5.83. The summed E-state index contributed by atoms with van der Waals surface area (Å²) in [6.07, 6.45) is 3.77. The Morgan fingerprint density at radius 2 is 1.86 bits per heavy atom. The van der Waals surface area contributed by atoms with Gasteiger partial charge in [0.15, 0.2) is 0 Å². The van der Waals surface area contributed by atoms with E-state index in [9.17, 15) is 0 Å². The highest BCUT2D eigenvalue weighted by Gasteiger charge is 2.06. The van der Waals surface area contributed by atoms with Crippen molar-refractivity contribution in [2.45, 2.75) is 26.4 Å². The molecule has 0 amide bonds. The summed E-state index contributed by atoms with van der Waals surface area (Å²) < 4.78 is 0. The number of hydrogen-bond acceptors (Lipinski definition) is 2. The molecule has 0 saturated heterocycles. The molecule has 1 unspecified atom stereocenters. The Morgan fingerprint density at radius 3 is 2.67 bits per heavy atom. The zero-order chi connectivity index (χ0) is 14.7. The molecule has 0 saturated carbocycles. The summed E-state index contributed by atoms with van der Waals surface area (Å²) in [6, 6.07) is 17.6. The molecule has 0 radical (unpaired) electrons. The molecule has 0 aliphatic rings. The summed E-state index contributed by atoms with van der Waals surface area (Å²) in [7, 11) is 0. The van der Waals surface area contributed by atoms with E-state index in [0.717, 1.165) is 6.54 Å². The first-order valence-corrected chi connectivity index (χ1v) is 7.35. The minimum atomic E-state index is 0.321. The van der Waals surface area contributed by atoms with Crippen LogP contribution in [-0.4, -0.2) is 4.98 Å². The molecule has 2 heteroatoms. The van der Waals surface area contributed by atoms with Crippen LogP contribution in [0.1, 0.15) is 29.7 Å². The van der Waals surface area contributed by atoms with Crippen molar-refractivity contribution in [2.75, 3.05) is 0 Å². The number of pyridine rings is 1. The van der Waals surface area contributed by atoms with Gasteiger partial charge in [0.05, 0.1) is 0 Å². The van der Waals surface area contributed by atoms with E-state index in [1.165, 1.54) is 27.5 Å². The Bertz CT molecular complexity index is 749. The third kappa shape index (κ3) is 3.11. The molecule has 1 aromatic heterocycles. The maximum Gasteiger partial charge on any atom is 0.0300 e. The van der Waals surface area contributed by atoms with E-state index in [4.69, 9.17) is 0 Å². The molecule has 3 aromatic rings. The molecule has 0 bridgehead atoms. The lowest BCUT2D eigenvalue weighted by molar-refractivity contribution is 0.573. The standard InChI is InChI=1S/C19H20N2/c1-14-12-20-10-9-19(14)13-21-15(2)17-8-7-16-5-3-4-6-18(16)11-17/h3-12,15,21H,13H2,1-2H3. The van der Waals surface area contributed by atoms with Crippen LogP contribution in [0.25, 0.3) is 10.8 Å². The van der Waals surface area contributed by atoms with Crippen molar-refractivity contribution < 1.29 is 0 Å². The van der Waals surface area contributed by atoms with Gasteiger partial charge in [0, 0.05) is 25.0 Å². The lowest BCUT2D eigenvalue weighted by Crippen LogP contribution is -2.18. The van der Waals surface area contributed by atoms with Crippen LogP contribution in [0.4, 0.5) is 0 Å². The summed E-state index contributed by atoms with van der Waals surface area (Å²) in [4.78, 5) is 4.14. The molecule has 21 heavy (non-hydrogen) atoms. The number of nitrogens with one attached hydrogen (secondary N) is 1. The van der Waals surface area contributed by atoms with E-state index in [0.29, 0.717) is 6.04 Å². The second-order valence-electron chi connectivity index (χ2n) is 5.51. The molecule has 0 aliphatic carbocycles. The third-order valence-electron chi connectivity index (χ3n) is 4.01. The predicted octanol–water partition coefficient (Wildman–Crippen LogP) is 4.39. The van der Waals surface area contributed by atoms with Gasteiger partial charge in [-0.3, -0.25) is 4.98 Å². The van der Waals surface area contributed by atoms with Gasteiger partial charge < -0.3 is 5.32 Å². The van der Waals surface area contributed by atoms with Crippen molar-refractivity contribution in [2.24, 2.45) is 0 Å². The summed E-state index contributed by atoms with van der Waals surface area (Å²) in [5, 5.41) is 6.18. The lowest BCUT2D eigenvalue weighted by Gasteiger charge is -2.16. The Labute approximate surface area is 125 Å². The average molecular weight is 276 g/mol. The summed E-state index contributed by atoms with van der Waals surface area (Å²) in [5.74, 6) is 0. The fourth-order valence-corrected chi connectivity index (χ4v) is 2.56. The minimum Gasteiger partial charge on any atom is -0.306 e. The number of aryl methyl sites for hydroxylation is 1. The van der Waals surface area contributed by atoms with Crippen molar-refractivity contribution in [3.05, 3.63) is 77.6 Å². The second-order valence-corrected chi connectivity index (χ2v) is 5.51. The molecule has 1 heterocycles. The SMILES string of the molecule is Cc1cnccc1CNC(C)c1ccc2ccccc2c1. The van der Waals surface area contributed by atoms with Gasteiger partial charge in [-0.25, -0.2) is 0 Å². The molecule has 106 valence electrons. The van der Waals surface area contributed by atoms with E-state index in [1.807, 2.05) is 12.4 Å². The molecule has 1 atom stereocenters. The average Bonchev–Trinajstić information content (AvgIpc) is 2.53. The third-order valence-corrected chi connectivity index (χ3v) is 4.01. The molecule has 0 fully saturated rings. The van der Waals surface area contributed by atoms with E-state index in [2.05, 4.69) is 72.7 Å². The van der Waals surface area contributed by atoms with Crippen LogP contribution >= 0.6 is 0 Å². The molecule has 0 aliphatic heterocycles. The van der Waals surface area contributed by atoms with Crippen molar-refractivity contribution in [3.63, 3.8) is 0 Å². The largest absolute Gasteiger partial charge is 0.306 e. The minimum absolute atomic E-state index is 0.321. The number of hydrogen-bond donors (Lipinski definition) is 1. The number of rotatable bonds is 4. The van der Waals surface area contributed by atoms with Crippen LogP contribution in [0, 0.1) is 6.92 Å². The summed E-state index contributed by atoms with van der Waals surface area (Å²) in [6.45, 7) is 5.17. The van der Waals surface area contributed by atoms with Crippen molar-refractivity contribution in [3.8, 4) is 0 Å². The Balaban J connectivity index is 1.75. The molecule has 0 spiro atoms. The zero-order valence-electron chi connectivity index (χ0n) is 12.5. The second kappa shape index (κ2) is 6.06. The molecule has 2 nitrogen and oxygen atoms in total. The smallest absolute Gasteiger partial charge is 0.0300 e. The van der Waals surface area contributed by atoms with Crippen LogP contribution in [0.3, 0.4) is 0 Å². The van der Waals surface area contributed by atoms with Crippen LogP contribution in [-0.2, 0) is 6.54 Å². The van der Waals surface area contributed by atoms with E-state index >= 15 is 0 Å². The zero-order valence-corrected chi connectivity index (χ0v) is 12.5. The van der Waals surface area contributed by atoms with Crippen molar-refractivity contribution in [1.29, 1.82) is 0 Å². The topological polar surface area (TPSA) is 24.9 Å². The Hall–Kier alpha value is -2.19. The van der Waals surface area contributed by atoms with Crippen LogP contribution in [0.15, 0.2) is 60.9 Å². The molecule has 3 rings (SSSR count). The Morgan fingerprint density at radius 1 is 1.05 bits per heavy atom. The normalized spacial score (nSPS) is 12.5. The van der Waals surface area contributed by atoms with Gasteiger partial charge in [-0.2, -0.15) is 0 Å². The van der Waals surface area contributed by atoms with Crippen molar-refractivity contribution in [1.82, 2.24) is 10.3 Å². The van der Waals surface area contributed by atoms with Crippen molar-refractivity contribution >= 4 is 10.8 Å². The highest BCUT2D eigenvalue weighted by Crippen LogP contribution is 2.20. The van der Waals surface area contributed by atoms with Gasteiger partial charge in [-0.1, -0.05) is 36.4 Å².